The first kappa shape index (κ1) is 14.6. The largest absolute Gasteiger partial charge is 0.486 e. The average Bonchev–Trinajstić information content (AvgIpc) is 2.42. The van der Waals surface area contributed by atoms with E-state index in [9.17, 15) is 0 Å². The molecule has 18 heavy (non-hydrogen) atoms. The van der Waals surface area contributed by atoms with Crippen LogP contribution in [0.15, 0.2) is 36.9 Å². The minimum Gasteiger partial charge on any atom is -0.486 e. The number of nitrogens with one attached hydrogen (secondary N) is 1. The van der Waals surface area contributed by atoms with Gasteiger partial charge in [-0.1, -0.05) is 24.8 Å². The summed E-state index contributed by atoms with van der Waals surface area (Å²) in [5, 5.41) is 0. The van der Waals surface area contributed by atoms with Gasteiger partial charge in [0.05, 0.1) is 13.1 Å². The lowest BCUT2D eigenvalue weighted by Crippen LogP contribution is -3.12. The van der Waals surface area contributed by atoms with E-state index >= 15 is 0 Å². The Kier molecular flexibility index (Phi) is 6.96. The number of rotatable bonds is 9. The Morgan fingerprint density at radius 1 is 1.11 bits per heavy atom. The number of likely N-dealkylation sites (N-methyl/N-ethyl adjacent to an activating group) is 1. The predicted octanol–water partition coefficient (Wildman–Crippen LogP) is 1.55. The summed E-state index contributed by atoms with van der Waals surface area (Å²) in [5.41, 5.74) is 0. The lowest BCUT2D eigenvalue weighted by molar-refractivity contribution is -0.896. The first-order valence-electron chi connectivity index (χ1n) is 6.60. The Balaban J connectivity index is 2.47. The van der Waals surface area contributed by atoms with Crippen LogP contribution in [0, 0.1) is 0 Å². The minimum absolute atomic E-state index is 0.502. The van der Waals surface area contributed by atoms with Gasteiger partial charge in [0.1, 0.15) is 19.8 Å². The zero-order valence-corrected chi connectivity index (χ0v) is 11.4. The van der Waals surface area contributed by atoms with Gasteiger partial charge in [0.2, 0.25) is 0 Å². The number of hydrogen-bond donors (Lipinski definition) is 1. The van der Waals surface area contributed by atoms with Gasteiger partial charge in [-0.25, -0.2) is 0 Å². The second-order valence-corrected chi connectivity index (χ2v) is 4.10. The van der Waals surface area contributed by atoms with Gasteiger partial charge >= 0.3 is 0 Å². The lowest BCUT2D eigenvalue weighted by atomic mass is 10.3. The van der Waals surface area contributed by atoms with Crippen molar-refractivity contribution >= 4 is 0 Å². The van der Waals surface area contributed by atoms with E-state index in [1.165, 1.54) is 0 Å². The molecule has 0 atom stereocenters. The third-order valence-electron chi connectivity index (χ3n) is 2.92. The van der Waals surface area contributed by atoms with Crippen LogP contribution in [0.4, 0.5) is 0 Å². The summed E-state index contributed by atoms with van der Waals surface area (Å²) in [7, 11) is 0. The molecule has 3 heteroatoms. The van der Waals surface area contributed by atoms with Crippen molar-refractivity contribution < 1.29 is 14.4 Å². The molecule has 0 radical (unpaired) electrons. The first-order chi connectivity index (χ1) is 8.81. The first-order valence-corrected chi connectivity index (χ1v) is 6.60. The second kappa shape index (κ2) is 8.59. The summed E-state index contributed by atoms with van der Waals surface area (Å²) < 4.78 is 11.3. The summed E-state index contributed by atoms with van der Waals surface area (Å²) in [5.74, 6) is 1.60. The third-order valence-corrected chi connectivity index (χ3v) is 2.92. The van der Waals surface area contributed by atoms with Gasteiger partial charge in [-0.3, -0.25) is 0 Å². The zero-order valence-electron chi connectivity index (χ0n) is 11.4. The summed E-state index contributed by atoms with van der Waals surface area (Å²) in [6.07, 6.45) is 1.73. The van der Waals surface area contributed by atoms with Crippen molar-refractivity contribution in [1.82, 2.24) is 0 Å². The van der Waals surface area contributed by atoms with E-state index < -0.39 is 0 Å². The van der Waals surface area contributed by atoms with E-state index in [2.05, 4.69) is 20.4 Å². The number of ether oxygens (including phenoxy) is 2. The Bertz CT molecular complexity index is 348. The normalized spacial score (nSPS) is 10.4. The highest BCUT2D eigenvalue weighted by Crippen LogP contribution is 2.26. The molecule has 0 aliphatic heterocycles. The highest BCUT2D eigenvalue weighted by Gasteiger charge is 2.06. The van der Waals surface area contributed by atoms with Crippen LogP contribution in [0.25, 0.3) is 0 Å². The van der Waals surface area contributed by atoms with Gasteiger partial charge in [0, 0.05) is 0 Å². The Hall–Kier alpha value is -1.48. The molecule has 0 aliphatic carbocycles. The average molecular weight is 250 g/mol. The van der Waals surface area contributed by atoms with Crippen LogP contribution < -0.4 is 14.4 Å². The molecule has 0 unspecified atom stereocenters. The van der Waals surface area contributed by atoms with Gasteiger partial charge in [-0.15, -0.1) is 0 Å². The number of para-hydroxylation sites is 2. The zero-order chi connectivity index (χ0) is 13.2. The van der Waals surface area contributed by atoms with Gasteiger partial charge in [0.25, 0.3) is 0 Å². The fraction of sp³-hybridized carbons (Fsp3) is 0.467. The maximum Gasteiger partial charge on any atom is 0.161 e. The number of benzene rings is 1. The van der Waals surface area contributed by atoms with E-state index in [0.717, 1.165) is 31.1 Å². The van der Waals surface area contributed by atoms with Crippen molar-refractivity contribution in [3.8, 4) is 11.5 Å². The maximum absolute atomic E-state index is 5.79. The van der Waals surface area contributed by atoms with E-state index in [1.807, 2.05) is 24.3 Å². The molecule has 0 spiro atoms. The molecule has 0 saturated carbocycles. The molecule has 1 aromatic carbocycles. The molecule has 0 amide bonds. The molecule has 0 aliphatic rings. The molecular formula is C15H24NO2+. The minimum atomic E-state index is 0.502. The molecule has 0 saturated heterocycles. The molecular weight excluding hydrogens is 226 g/mol. The summed E-state index contributed by atoms with van der Waals surface area (Å²) >= 11 is 0. The van der Waals surface area contributed by atoms with E-state index in [4.69, 9.17) is 9.47 Å². The monoisotopic (exact) mass is 250 g/mol. The van der Waals surface area contributed by atoms with Crippen molar-refractivity contribution in [2.45, 2.75) is 13.8 Å². The van der Waals surface area contributed by atoms with Crippen molar-refractivity contribution in [3.63, 3.8) is 0 Å². The molecule has 0 heterocycles. The third kappa shape index (κ3) is 4.80. The van der Waals surface area contributed by atoms with Crippen LogP contribution in [0.3, 0.4) is 0 Å². The standard InChI is InChI=1S/C15H23NO2/c1-4-12-17-14-9-7-8-10-15(14)18-13-11-16(5-2)6-3/h4,7-10H,1,5-6,11-13H2,2-3H3/p+1. The topological polar surface area (TPSA) is 22.9 Å². The van der Waals surface area contributed by atoms with Crippen LogP contribution in [0.5, 0.6) is 11.5 Å². The summed E-state index contributed by atoms with van der Waals surface area (Å²) in [4.78, 5) is 1.54. The van der Waals surface area contributed by atoms with Crippen LogP contribution in [0.1, 0.15) is 13.8 Å². The van der Waals surface area contributed by atoms with Gasteiger partial charge < -0.3 is 14.4 Å². The smallest absolute Gasteiger partial charge is 0.161 e. The van der Waals surface area contributed by atoms with E-state index in [0.29, 0.717) is 13.2 Å². The summed E-state index contributed by atoms with van der Waals surface area (Å²) in [6, 6.07) is 7.76. The van der Waals surface area contributed by atoms with Crippen molar-refractivity contribution in [2.24, 2.45) is 0 Å². The molecule has 0 bridgehead atoms. The molecule has 1 N–H and O–H groups in total. The predicted molar refractivity (Wildman–Crippen MR) is 74.5 cm³/mol. The fourth-order valence-electron chi connectivity index (χ4n) is 1.75. The molecule has 3 nitrogen and oxygen atoms in total. The van der Waals surface area contributed by atoms with Crippen LogP contribution in [0.2, 0.25) is 0 Å². The van der Waals surface area contributed by atoms with E-state index in [-0.39, 0.29) is 0 Å². The van der Waals surface area contributed by atoms with Crippen LogP contribution in [-0.4, -0.2) is 32.8 Å². The van der Waals surface area contributed by atoms with Crippen molar-refractivity contribution in [2.75, 3.05) is 32.8 Å². The highest BCUT2D eigenvalue weighted by molar-refractivity contribution is 5.39. The molecule has 100 valence electrons. The summed E-state index contributed by atoms with van der Waals surface area (Å²) in [6.45, 7) is 12.5. The Labute approximate surface area is 110 Å². The second-order valence-electron chi connectivity index (χ2n) is 4.10. The van der Waals surface area contributed by atoms with Gasteiger partial charge in [-0.05, 0) is 26.0 Å². The molecule has 1 rings (SSSR count). The van der Waals surface area contributed by atoms with Crippen molar-refractivity contribution in [1.29, 1.82) is 0 Å². The lowest BCUT2D eigenvalue weighted by Gasteiger charge is -2.16. The maximum atomic E-state index is 5.79. The molecule has 0 aromatic heterocycles. The molecule has 1 aromatic rings. The van der Waals surface area contributed by atoms with E-state index in [1.54, 1.807) is 11.0 Å². The fourth-order valence-corrected chi connectivity index (χ4v) is 1.75. The Morgan fingerprint density at radius 3 is 2.28 bits per heavy atom. The molecule has 0 fully saturated rings. The van der Waals surface area contributed by atoms with Crippen molar-refractivity contribution in [3.05, 3.63) is 36.9 Å². The van der Waals surface area contributed by atoms with Crippen LogP contribution in [-0.2, 0) is 0 Å². The highest BCUT2D eigenvalue weighted by atomic mass is 16.5. The quantitative estimate of drug-likeness (QED) is 0.672. The number of hydrogen-bond acceptors (Lipinski definition) is 2. The SMILES string of the molecule is C=CCOc1ccccc1OCC[NH+](CC)CC. The van der Waals surface area contributed by atoms with Gasteiger partial charge in [0.15, 0.2) is 11.5 Å². The Morgan fingerprint density at radius 2 is 1.72 bits per heavy atom. The number of quaternary nitrogens is 1. The van der Waals surface area contributed by atoms with Crippen LogP contribution >= 0.6 is 0 Å². The van der Waals surface area contributed by atoms with Gasteiger partial charge in [-0.2, -0.15) is 0 Å².